The number of nitrogens with one attached hydrogen (secondary N) is 3. The maximum atomic E-state index is 15.0. The number of halogens is 1. The monoisotopic (exact) mass is 1050 g/mol. The predicted molar refractivity (Wildman–Crippen MR) is 285 cm³/mol. The van der Waals surface area contributed by atoms with Crippen LogP contribution in [0.2, 0.25) is 0 Å². The summed E-state index contributed by atoms with van der Waals surface area (Å²) in [6, 6.07) is 20.9. The van der Waals surface area contributed by atoms with Crippen LogP contribution in [0.4, 0.5) is 15.8 Å². The average Bonchev–Trinajstić information content (AvgIpc) is 4.06. The molecule has 0 unspecified atom stereocenters. The molecule has 3 atom stereocenters. The molecule has 0 spiro atoms. The number of pyridine rings is 1. The fourth-order valence-corrected chi connectivity index (χ4v) is 10.2. The first-order valence-electron chi connectivity index (χ1n) is 25.1. The van der Waals surface area contributed by atoms with E-state index in [1.54, 1.807) is 52.2 Å². The molecule has 3 aromatic heterocycles. The van der Waals surface area contributed by atoms with Gasteiger partial charge in [-0.05, 0) is 78.3 Å². The van der Waals surface area contributed by atoms with Crippen molar-refractivity contribution in [3.05, 3.63) is 125 Å². The largest absolute Gasteiger partial charge is 0.496 e. The van der Waals surface area contributed by atoms with Gasteiger partial charge in [-0.25, -0.2) is 19.3 Å². The number of piperazine rings is 1. The van der Waals surface area contributed by atoms with Crippen LogP contribution in [-0.4, -0.2) is 122 Å². The Morgan fingerprint density at radius 3 is 2.41 bits per heavy atom. The van der Waals surface area contributed by atoms with Crippen molar-refractivity contribution >= 4 is 52.2 Å². The highest BCUT2D eigenvalue weighted by molar-refractivity contribution is 7.13. The van der Waals surface area contributed by atoms with Crippen molar-refractivity contribution in [2.24, 2.45) is 5.41 Å². The molecule has 2 saturated heterocycles. The highest BCUT2D eigenvalue weighted by Crippen LogP contribution is 2.35. The van der Waals surface area contributed by atoms with Gasteiger partial charge < -0.3 is 40.5 Å². The lowest BCUT2D eigenvalue weighted by molar-refractivity contribution is -0.144. The maximum absolute atomic E-state index is 15.0. The number of likely N-dealkylation sites (tertiary alicyclic amines) is 1. The number of aliphatic hydroxyl groups is 1. The molecule has 0 saturated carbocycles. The number of benzene rings is 3. The molecule has 0 aliphatic carbocycles. The van der Waals surface area contributed by atoms with E-state index in [-0.39, 0.29) is 67.0 Å². The van der Waals surface area contributed by atoms with E-state index in [0.717, 1.165) is 21.7 Å². The minimum absolute atomic E-state index is 0.0152. The molecular weight excluding hydrogens is 990 g/mol. The third-order valence-electron chi connectivity index (χ3n) is 13.5. The van der Waals surface area contributed by atoms with Crippen LogP contribution in [0.25, 0.3) is 33.0 Å². The lowest BCUT2D eigenvalue weighted by Gasteiger charge is -2.37. The molecule has 2 fully saturated rings. The van der Waals surface area contributed by atoms with Gasteiger partial charge in [0, 0.05) is 82.7 Å². The summed E-state index contributed by atoms with van der Waals surface area (Å²) in [6.45, 7) is 9.18. The molecule has 0 radical (unpaired) electrons. The summed E-state index contributed by atoms with van der Waals surface area (Å²) in [7, 11) is 1.40. The minimum Gasteiger partial charge on any atom is -0.496 e. The van der Waals surface area contributed by atoms with Crippen LogP contribution in [-0.2, 0) is 25.7 Å². The first kappa shape index (κ1) is 54.1. The van der Waals surface area contributed by atoms with Crippen LogP contribution in [0, 0.1) is 29.5 Å². The summed E-state index contributed by atoms with van der Waals surface area (Å²) in [5, 5.41) is 29.3. The molecule has 4 N–H and O–H groups in total. The van der Waals surface area contributed by atoms with E-state index in [0.29, 0.717) is 67.1 Å². The van der Waals surface area contributed by atoms with E-state index in [1.165, 1.54) is 42.6 Å². The lowest BCUT2D eigenvalue weighted by atomic mass is 9.85. The Hall–Kier alpha value is -8.15. The van der Waals surface area contributed by atoms with E-state index in [9.17, 15) is 38.7 Å². The number of amides is 5. The molecule has 76 heavy (non-hydrogen) atoms. The quantitative estimate of drug-likeness (QED) is 0.0680. The van der Waals surface area contributed by atoms with Gasteiger partial charge in [-0.1, -0.05) is 57.2 Å². The Morgan fingerprint density at radius 1 is 0.947 bits per heavy atom. The number of carbonyl (C=O) groups is 5. The molecule has 0 bridgehead atoms. The van der Waals surface area contributed by atoms with Gasteiger partial charge in [-0.2, -0.15) is 5.26 Å². The van der Waals surface area contributed by atoms with Crippen LogP contribution in [0.1, 0.15) is 80.2 Å². The summed E-state index contributed by atoms with van der Waals surface area (Å²) >= 11 is 1.56. The number of hydrogen-bond donors (Lipinski definition) is 4. The van der Waals surface area contributed by atoms with E-state index < -0.39 is 47.1 Å². The number of thiazole rings is 1. The number of aliphatic hydroxyl groups excluding tert-OH is 1. The van der Waals surface area contributed by atoms with Gasteiger partial charge >= 0.3 is 0 Å². The number of aromatic nitrogens is 4. The number of ether oxygens (including phenoxy) is 1. The Balaban J connectivity index is 0.849. The Morgan fingerprint density at radius 2 is 1.70 bits per heavy atom. The van der Waals surface area contributed by atoms with Crippen molar-refractivity contribution in [1.82, 2.24) is 40.4 Å². The summed E-state index contributed by atoms with van der Waals surface area (Å²) in [4.78, 5) is 92.0. The fourth-order valence-electron chi connectivity index (χ4n) is 9.40. The third-order valence-corrected chi connectivity index (χ3v) is 14.5. The van der Waals surface area contributed by atoms with Crippen molar-refractivity contribution in [2.75, 3.05) is 50.1 Å². The lowest BCUT2D eigenvalue weighted by Crippen LogP contribution is -2.57. The molecule has 20 heteroatoms. The third kappa shape index (κ3) is 12.7. The van der Waals surface area contributed by atoms with Gasteiger partial charge in [-0.3, -0.25) is 29.0 Å². The number of methoxy groups -OCH3 is 1. The molecular formula is C56H60FN11O7S. The second kappa shape index (κ2) is 24.0. The molecule has 3 aromatic carbocycles. The molecule has 2 aliphatic heterocycles. The average molecular weight is 1050 g/mol. The highest BCUT2D eigenvalue weighted by Gasteiger charge is 2.44. The Bertz CT molecular complexity index is 3150. The van der Waals surface area contributed by atoms with Crippen LogP contribution >= 0.6 is 11.3 Å². The summed E-state index contributed by atoms with van der Waals surface area (Å²) in [5.41, 5.74) is 6.70. The zero-order chi connectivity index (χ0) is 54.1. The van der Waals surface area contributed by atoms with Gasteiger partial charge in [0.25, 0.3) is 5.91 Å². The van der Waals surface area contributed by atoms with Crippen LogP contribution in [0.5, 0.6) is 5.75 Å². The van der Waals surface area contributed by atoms with Gasteiger partial charge in [0.2, 0.25) is 23.6 Å². The molecule has 6 aromatic rings. The zero-order valence-electron chi connectivity index (χ0n) is 43.0. The predicted octanol–water partition coefficient (Wildman–Crippen LogP) is 6.93. The molecule has 394 valence electrons. The SMILES string of the molecule is COc1cccc(F)c1-c1nccc(C(=O)Nc2ccc(-c3cnccc3C#N)cc2N2CCN(C(=O)CCCCC(=O)N[C@H](C(=O)N3C[C@H](O)C[C@H]3C(=O)NCc3ccc(-c4scnc4C)cc3)C(C)(C)C)CC2)n1. The number of aryl methyl sites for hydroxylation is 1. The minimum atomic E-state index is -0.982. The van der Waals surface area contributed by atoms with Crippen molar-refractivity contribution in [3.8, 4) is 44.8 Å². The maximum Gasteiger partial charge on any atom is 0.274 e. The molecule has 8 rings (SSSR count). The second-order valence-corrected chi connectivity index (χ2v) is 20.7. The van der Waals surface area contributed by atoms with E-state index in [1.807, 2.05) is 62.9 Å². The van der Waals surface area contributed by atoms with Gasteiger partial charge in [-0.15, -0.1) is 11.3 Å². The van der Waals surface area contributed by atoms with E-state index in [2.05, 4.69) is 42.0 Å². The molecule has 5 heterocycles. The zero-order valence-corrected chi connectivity index (χ0v) is 43.8. The van der Waals surface area contributed by atoms with E-state index >= 15 is 0 Å². The summed E-state index contributed by atoms with van der Waals surface area (Å²) in [6.07, 6.45) is 4.75. The number of hydrogen-bond acceptors (Lipinski definition) is 14. The normalized spacial score (nSPS) is 15.9. The highest BCUT2D eigenvalue weighted by atomic mass is 32.1. The van der Waals surface area contributed by atoms with Crippen molar-refractivity contribution in [3.63, 3.8) is 0 Å². The fraction of sp³-hybridized carbons (Fsp3) is 0.357. The second-order valence-electron chi connectivity index (χ2n) is 19.8. The van der Waals surface area contributed by atoms with Crippen molar-refractivity contribution < 1.29 is 38.2 Å². The van der Waals surface area contributed by atoms with Crippen molar-refractivity contribution in [1.29, 1.82) is 5.26 Å². The number of β-amino-alcohol motifs (C(OH)–C–C–N with tert-alkyl or cyclic N) is 1. The first-order valence-corrected chi connectivity index (χ1v) is 25.9. The number of nitriles is 1. The number of anilines is 2. The smallest absolute Gasteiger partial charge is 0.274 e. The number of carbonyl (C=O) groups excluding carboxylic acids is 5. The molecule has 2 aliphatic rings. The van der Waals surface area contributed by atoms with Crippen LogP contribution < -0.4 is 25.6 Å². The van der Waals surface area contributed by atoms with Gasteiger partial charge in [0.1, 0.15) is 29.3 Å². The first-order chi connectivity index (χ1) is 36.5. The molecule has 5 amide bonds. The van der Waals surface area contributed by atoms with Crippen molar-refractivity contribution in [2.45, 2.75) is 84.5 Å². The van der Waals surface area contributed by atoms with Gasteiger partial charge in [0.15, 0.2) is 5.82 Å². The van der Waals surface area contributed by atoms with E-state index in [4.69, 9.17) is 4.74 Å². The van der Waals surface area contributed by atoms with Crippen LogP contribution in [0.15, 0.2) is 96.9 Å². The number of nitrogens with zero attached hydrogens (tertiary/aromatic N) is 8. The number of unbranched alkanes of at least 4 members (excludes halogenated alkanes) is 1. The Labute approximate surface area is 444 Å². The standard InChI is InChI=1S/C56H60FN11O7S/c1-34-50(76-33-62-34)36-15-13-35(14-16-36)30-61-54(73)45-28-39(69)32-68(45)55(74)51(56(2,3)4)65-47(70)11-6-7-12-48(71)67-25-23-66(24-26-67)44-27-37(40-31-59-21-19-38(40)29-58)17-18-42(44)64-53(72)43-20-22-60-52(63-43)49-41(57)9-8-10-46(49)75-5/h8-10,13-22,27,31,33,39,45,51,69H,6-7,11-12,23-26,28,30,32H2,1-5H3,(H,61,73)(H,64,72)(H,65,70)/t39-,45+,51-/m1/s1. The molecule has 18 nitrogen and oxygen atoms in total. The van der Waals surface area contributed by atoms with Gasteiger partial charge in [0.05, 0.1) is 57.9 Å². The summed E-state index contributed by atoms with van der Waals surface area (Å²) in [5.74, 6) is -2.30. The summed E-state index contributed by atoms with van der Waals surface area (Å²) < 4.78 is 20.3. The number of rotatable bonds is 17. The topological polar surface area (TPSA) is 236 Å². The Kier molecular flexibility index (Phi) is 17.1. The van der Waals surface area contributed by atoms with Crippen LogP contribution in [0.3, 0.4) is 0 Å².